The van der Waals surface area contributed by atoms with E-state index in [-0.39, 0.29) is 17.9 Å². The molecule has 1 aliphatic rings. The smallest absolute Gasteiger partial charge is 0.338 e. The standard InChI is InChI=1S/C25H23IN2O6S/c1-5-34-24(31)20-13(2)27-25-28(21(20)15-6-8-16(32-3)9-7-15)23(30)19(35-25)12-14-10-17(26)22(29)18(11-14)33-4/h6-12,21,29H,5H2,1-4H3/b19-12-/t21-/m0/s1. The first kappa shape index (κ1) is 25.0. The monoisotopic (exact) mass is 606 g/mol. The molecule has 0 saturated carbocycles. The summed E-state index contributed by atoms with van der Waals surface area (Å²) >= 11 is 3.24. The molecule has 0 fully saturated rings. The number of aromatic hydroxyl groups is 1. The number of ether oxygens (including phenoxy) is 3. The number of phenols is 1. The minimum atomic E-state index is -0.701. The van der Waals surface area contributed by atoms with Crippen LogP contribution in [0.2, 0.25) is 0 Å². The van der Waals surface area contributed by atoms with E-state index in [1.807, 2.05) is 34.7 Å². The number of hydrogen-bond acceptors (Lipinski definition) is 8. The SMILES string of the molecule is CCOC(=O)C1=C(C)N=c2s/c(=C\c3cc(I)c(O)c(OC)c3)c(=O)n2[C@H]1c1ccc(OC)cc1. The van der Waals surface area contributed by atoms with Crippen LogP contribution in [0, 0.1) is 3.57 Å². The van der Waals surface area contributed by atoms with Gasteiger partial charge >= 0.3 is 5.97 Å². The van der Waals surface area contributed by atoms with Gasteiger partial charge in [0.15, 0.2) is 16.3 Å². The molecule has 0 radical (unpaired) electrons. The maximum Gasteiger partial charge on any atom is 0.338 e. The van der Waals surface area contributed by atoms with Gasteiger partial charge in [-0.15, -0.1) is 0 Å². The van der Waals surface area contributed by atoms with E-state index >= 15 is 0 Å². The molecule has 4 rings (SSSR count). The van der Waals surface area contributed by atoms with Gasteiger partial charge in [-0.25, -0.2) is 9.79 Å². The van der Waals surface area contributed by atoms with Gasteiger partial charge in [-0.05, 0) is 77.9 Å². The highest BCUT2D eigenvalue weighted by Crippen LogP contribution is 2.33. The maximum atomic E-state index is 13.7. The molecule has 35 heavy (non-hydrogen) atoms. The Morgan fingerprint density at radius 2 is 1.94 bits per heavy atom. The number of hydrogen-bond donors (Lipinski definition) is 1. The molecular weight excluding hydrogens is 583 g/mol. The third-order valence-corrected chi connectivity index (χ3v) is 7.32. The van der Waals surface area contributed by atoms with Crippen LogP contribution in [0.3, 0.4) is 0 Å². The summed E-state index contributed by atoms with van der Waals surface area (Å²) in [7, 11) is 3.04. The fourth-order valence-corrected chi connectivity index (χ4v) is 5.55. The molecule has 1 aromatic heterocycles. The second-order valence-electron chi connectivity index (χ2n) is 7.63. The van der Waals surface area contributed by atoms with Crippen LogP contribution >= 0.6 is 33.9 Å². The molecule has 1 N–H and O–H groups in total. The predicted molar refractivity (Wildman–Crippen MR) is 141 cm³/mol. The molecular formula is C25H23IN2O6S. The van der Waals surface area contributed by atoms with E-state index < -0.39 is 12.0 Å². The van der Waals surface area contributed by atoms with Crippen molar-refractivity contribution < 1.29 is 24.1 Å². The molecule has 8 nitrogen and oxygen atoms in total. The minimum Gasteiger partial charge on any atom is -0.504 e. The van der Waals surface area contributed by atoms with Crippen molar-refractivity contribution in [2.24, 2.45) is 4.99 Å². The van der Waals surface area contributed by atoms with E-state index in [2.05, 4.69) is 4.99 Å². The van der Waals surface area contributed by atoms with Crippen molar-refractivity contribution in [3.05, 3.63) is 82.1 Å². The summed E-state index contributed by atoms with van der Waals surface area (Å²) in [4.78, 5) is 31.7. The van der Waals surface area contributed by atoms with E-state index in [0.717, 1.165) is 5.56 Å². The summed E-state index contributed by atoms with van der Waals surface area (Å²) in [6.07, 6.45) is 1.72. The summed E-state index contributed by atoms with van der Waals surface area (Å²) in [6, 6.07) is 9.94. The molecule has 0 spiro atoms. The molecule has 1 atom stereocenters. The normalized spacial score (nSPS) is 15.5. The summed E-state index contributed by atoms with van der Waals surface area (Å²) in [5, 5.41) is 10.1. The van der Waals surface area contributed by atoms with Crippen LogP contribution in [0.4, 0.5) is 0 Å². The fourth-order valence-electron chi connectivity index (χ4n) is 3.88. The number of methoxy groups -OCH3 is 2. The van der Waals surface area contributed by atoms with E-state index in [0.29, 0.717) is 41.2 Å². The number of nitrogens with zero attached hydrogens (tertiary/aromatic N) is 2. The molecule has 0 bridgehead atoms. The summed E-state index contributed by atoms with van der Waals surface area (Å²) in [6.45, 7) is 3.68. The Balaban J connectivity index is 1.94. The predicted octanol–water partition coefficient (Wildman–Crippen LogP) is 3.13. The Morgan fingerprint density at radius 3 is 2.57 bits per heavy atom. The van der Waals surface area contributed by atoms with Gasteiger partial charge in [-0.3, -0.25) is 9.36 Å². The number of fused-ring (bicyclic) bond motifs is 1. The van der Waals surface area contributed by atoms with Crippen molar-refractivity contribution >= 4 is 46.0 Å². The highest BCUT2D eigenvalue weighted by molar-refractivity contribution is 14.1. The van der Waals surface area contributed by atoms with Crippen LogP contribution in [-0.2, 0) is 9.53 Å². The number of halogens is 1. The van der Waals surface area contributed by atoms with Gasteiger partial charge < -0.3 is 19.3 Å². The van der Waals surface area contributed by atoms with Gasteiger partial charge in [-0.1, -0.05) is 23.5 Å². The van der Waals surface area contributed by atoms with Gasteiger partial charge in [0.1, 0.15) is 5.75 Å². The summed E-state index contributed by atoms with van der Waals surface area (Å²) < 4.78 is 18.4. The molecule has 1 aliphatic heterocycles. The number of esters is 1. The molecule has 2 aromatic carbocycles. The quantitative estimate of drug-likeness (QED) is 0.342. The lowest BCUT2D eigenvalue weighted by Crippen LogP contribution is -2.39. The minimum absolute atomic E-state index is 0.0425. The van der Waals surface area contributed by atoms with Crippen molar-refractivity contribution in [1.29, 1.82) is 0 Å². The van der Waals surface area contributed by atoms with Gasteiger partial charge in [-0.2, -0.15) is 0 Å². The molecule has 10 heteroatoms. The molecule has 0 unspecified atom stereocenters. The first-order valence-corrected chi connectivity index (χ1v) is 12.6. The first-order chi connectivity index (χ1) is 16.8. The molecule has 0 aliphatic carbocycles. The number of benzene rings is 2. The Morgan fingerprint density at radius 1 is 1.23 bits per heavy atom. The fraction of sp³-hybridized carbons (Fsp3) is 0.240. The lowest BCUT2D eigenvalue weighted by Gasteiger charge is -2.24. The number of carbonyl (C=O) groups excluding carboxylic acids is 1. The second-order valence-corrected chi connectivity index (χ2v) is 9.80. The number of allylic oxidation sites excluding steroid dienone is 1. The molecule has 2 heterocycles. The zero-order valence-corrected chi connectivity index (χ0v) is 22.5. The largest absolute Gasteiger partial charge is 0.504 e. The van der Waals surface area contributed by atoms with Crippen molar-refractivity contribution in [3.63, 3.8) is 0 Å². The zero-order chi connectivity index (χ0) is 25.3. The topological polar surface area (TPSA) is 99.4 Å². The average molecular weight is 606 g/mol. The van der Waals surface area contributed by atoms with Gasteiger partial charge in [0.25, 0.3) is 5.56 Å². The van der Waals surface area contributed by atoms with Crippen molar-refractivity contribution in [3.8, 4) is 17.2 Å². The lowest BCUT2D eigenvalue weighted by atomic mass is 9.96. The van der Waals surface area contributed by atoms with Crippen LogP contribution in [0.1, 0.15) is 31.0 Å². The Labute approximate surface area is 218 Å². The maximum absolute atomic E-state index is 13.7. The lowest BCUT2D eigenvalue weighted by molar-refractivity contribution is -0.139. The number of rotatable bonds is 6. The Kier molecular flexibility index (Phi) is 7.31. The number of phenolic OH excluding ortho intramolecular Hbond substituents is 1. The molecule has 0 amide bonds. The highest BCUT2D eigenvalue weighted by Gasteiger charge is 2.33. The van der Waals surface area contributed by atoms with Crippen LogP contribution in [-0.4, -0.2) is 36.5 Å². The zero-order valence-electron chi connectivity index (χ0n) is 19.5. The highest BCUT2D eigenvalue weighted by atomic mass is 127. The van der Waals surface area contributed by atoms with Crippen molar-refractivity contribution in [2.45, 2.75) is 19.9 Å². The summed E-state index contributed by atoms with van der Waals surface area (Å²) in [5.74, 6) is 0.505. The molecule has 182 valence electrons. The van der Waals surface area contributed by atoms with Gasteiger partial charge in [0, 0.05) is 0 Å². The van der Waals surface area contributed by atoms with Crippen LogP contribution < -0.4 is 24.4 Å². The third-order valence-electron chi connectivity index (χ3n) is 5.52. The van der Waals surface area contributed by atoms with Crippen LogP contribution in [0.25, 0.3) is 6.08 Å². The van der Waals surface area contributed by atoms with Crippen molar-refractivity contribution in [2.75, 3.05) is 20.8 Å². The van der Waals surface area contributed by atoms with E-state index in [4.69, 9.17) is 14.2 Å². The average Bonchev–Trinajstić information content (AvgIpc) is 3.14. The van der Waals surface area contributed by atoms with E-state index in [1.165, 1.54) is 23.0 Å². The van der Waals surface area contributed by atoms with Gasteiger partial charge in [0.2, 0.25) is 0 Å². The van der Waals surface area contributed by atoms with Crippen molar-refractivity contribution in [1.82, 2.24) is 4.57 Å². The van der Waals surface area contributed by atoms with Gasteiger partial charge in [0.05, 0.1) is 46.2 Å². The Bertz CT molecular complexity index is 1500. The number of thiazole rings is 1. The summed E-state index contributed by atoms with van der Waals surface area (Å²) in [5.41, 5.74) is 1.95. The molecule has 0 saturated heterocycles. The number of aromatic nitrogens is 1. The first-order valence-electron chi connectivity index (χ1n) is 10.7. The number of carbonyl (C=O) groups is 1. The Hall–Kier alpha value is -3.12. The van der Waals surface area contributed by atoms with E-state index in [9.17, 15) is 14.7 Å². The molecule has 3 aromatic rings. The van der Waals surface area contributed by atoms with E-state index in [1.54, 1.807) is 51.3 Å². The van der Waals surface area contributed by atoms with Crippen LogP contribution in [0.15, 0.2) is 57.5 Å². The second kappa shape index (κ2) is 10.2. The van der Waals surface area contributed by atoms with Crippen LogP contribution in [0.5, 0.6) is 17.2 Å². The third kappa shape index (κ3) is 4.72.